The highest BCUT2D eigenvalue weighted by molar-refractivity contribution is 7.16. The summed E-state index contributed by atoms with van der Waals surface area (Å²) in [6.07, 6.45) is 6.68. The molecule has 0 aromatic carbocycles. The third-order valence-corrected chi connectivity index (χ3v) is 6.44. The van der Waals surface area contributed by atoms with Gasteiger partial charge in [-0.3, -0.25) is 4.79 Å². The summed E-state index contributed by atoms with van der Waals surface area (Å²) in [6.45, 7) is 7.06. The Labute approximate surface area is 169 Å². The molecule has 1 aliphatic carbocycles. The molecule has 2 heterocycles. The number of carbonyl (C=O) groups is 1. The normalized spacial score (nSPS) is 13.5. The number of nitrogens with one attached hydrogen (secondary N) is 1. The quantitative estimate of drug-likeness (QED) is 0.582. The Hall–Kier alpha value is -2.83. The number of nitriles is 2. The molecule has 0 aliphatic heterocycles. The minimum Gasteiger partial charge on any atom is -0.349 e. The first-order valence-corrected chi connectivity index (χ1v) is 10.5. The van der Waals surface area contributed by atoms with Crippen molar-refractivity contribution in [1.29, 1.82) is 10.5 Å². The third kappa shape index (κ3) is 3.74. The molecule has 0 unspecified atom stereocenters. The molecule has 144 valence electrons. The molecule has 1 amide bonds. The second-order valence-corrected chi connectivity index (χ2v) is 8.23. The topological polar surface area (TPSA) is 81.6 Å². The van der Waals surface area contributed by atoms with Gasteiger partial charge in [0.15, 0.2) is 0 Å². The third-order valence-electron chi connectivity index (χ3n) is 5.24. The second kappa shape index (κ2) is 8.46. The Morgan fingerprint density at radius 2 is 2.07 bits per heavy atom. The summed E-state index contributed by atoms with van der Waals surface area (Å²) in [5.74, 6) is -0.460. The fraction of sp³-hybridized carbons (Fsp3) is 0.409. The van der Waals surface area contributed by atoms with Gasteiger partial charge in [-0.1, -0.05) is 6.92 Å². The number of thiophene rings is 1. The van der Waals surface area contributed by atoms with Crippen molar-refractivity contribution in [3.8, 4) is 12.1 Å². The molecule has 6 heteroatoms. The van der Waals surface area contributed by atoms with E-state index in [0.29, 0.717) is 10.6 Å². The van der Waals surface area contributed by atoms with E-state index in [0.717, 1.165) is 61.2 Å². The van der Waals surface area contributed by atoms with Gasteiger partial charge >= 0.3 is 0 Å². The van der Waals surface area contributed by atoms with E-state index in [1.54, 1.807) is 6.08 Å². The van der Waals surface area contributed by atoms with Crippen LogP contribution in [0.2, 0.25) is 0 Å². The summed E-state index contributed by atoms with van der Waals surface area (Å²) in [5, 5.41) is 22.5. The van der Waals surface area contributed by atoms with Crippen LogP contribution in [0.1, 0.15) is 59.1 Å². The molecule has 3 rings (SSSR count). The predicted octanol–water partition coefficient (Wildman–Crippen LogP) is 4.87. The summed E-state index contributed by atoms with van der Waals surface area (Å²) in [4.78, 5) is 13.9. The first kappa shape index (κ1) is 19.9. The van der Waals surface area contributed by atoms with E-state index in [1.807, 2.05) is 26.0 Å². The molecule has 0 saturated heterocycles. The zero-order valence-corrected chi connectivity index (χ0v) is 17.4. The first-order valence-electron chi connectivity index (χ1n) is 9.64. The molecular formula is C22H24N4OS. The van der Waals surface area contributed by atoms with Crippen molar-refractivity contribution in [2.75, 3.05) is 5.32 Å². The van der Waals surface area contributed by atoms with Crippen LogP contribution in [-0.4, -0.2) is 10.5 Å². The highest BCUT2D eigenvalue weighted by Crippen LogP contribution is 2.37. The fourth-order valence-corrected chi connectivity index (χ4v) is 5.02. The molecule has 2 aromatic rings. The Bertz CT molecular complexity index is 1030. The van der Waals surface area contributed by atoms with E-state index in [9.17, 15) is 15.3 Å². The lowest BCUT2D eigenvalue weighted by Crippen LogP contribution is -2.13. The minimum absolute atomic E-state index is 0.0482. The van der Waals surface area contributed by atoms with Gasteiger partial charge < -0.3 is 9.88 Å². The summed E-state index contributed by atoms with van der Waals surface area (Å²) in [5.41, 5.74) is 4.71. The molecule has 0 atom stereocenters. The lowest BCUT2D eigenvalue weighted by molar-refractivity contribution is -0.112. The summed E-state index contributed by atoms with van der Waals surface area (Å²) >= 11 is 1.47. The Morgan fingerprint density at radius 1 is 1.32 bits per heavy atom. The van der Waals surface area contributed by atoms with Crippen molar-refractivity contribution >= 4 is 28.3 Å². The number of anilines is 1. The highest BCUT2D eigenvalue weighted by Gasteiger charge is 2.23. The number of nitrogens with zero attached hydrogens (tertiary/aromatic N) is 3. The van der Waals surface area contributed by atoms with Crippen LogP contribution >= 0.6 is 11.3 Å². The van der Waals surface area contributed by atoms with Gasteiger partial charge in [-0.25, -0.2) is 0 Å². The van der Waals surface area contributed by atoms with Gasteiger partial charge in [-0.2, -0.15) is 10.5 Å². The molecule has 0 bridgehead atoms. The number of hydrogen-bond donors (Lipinski definition) is 1. The van der Waals surface area contributed by atoms with Crippen LogP contribution in [-0.2, 0) is 24.2 Å². The van der Waals surface area contributed by atoms with Crippen LogP contribution in [0.5, 0.6) is 0 Å². The summed E-state index contributed by atoms with van der Waals surface area (Å²) in [7, 11) is 0. The van der Waals surface area contributed by atoms with Crippen LogP contribution in [0.4, 0.5) is 5.00 Å². The predicted molar refractivity (Wildman–Crippen MR) is 112 cm³/mol. The maximum Gasteiger partial charge on any atom is 0.266 e. The lowest BCUT2D eigenvalue weighted by Gasteiger charge is -2.09. The van der Waals surface area contributed by atoms with E-state index < -0.39 is 5.91 Å². The first-order chi connectivity index (χ1) is 13.5. The molecule has 2 aromatic heterocycles. The molecule has 0 spiro atoms. The zero-order valence-electron chi connectivity index (χ0n) is 16.6. The van der Waals surface area contributed by atoms with Crippen LogP contribution in [0.25, 0.3) is 6.08 Å². The zero-order chi connectivity index (χ0) is 20.3. The monoisotopic (exact) mass is 392 g/mol. The van der Waals surface area contributed by atoms with Crippen molar-refractivity contribution in [3.63, 3.8) is 0 Å². The average molecular weight is 393 g/mol. The summed E-state index contributed by atoms with van der Waals surface area (Å²) in [6, 6.07) is 6.26. The highest BCUT2D eigenvalue weighted by atomic mass is 32.1. The van der Waals surface area contributed by atoms with Gasteiger partial charge in [0.1, 0.15) is 22.7 Å². The van der Waals surface area contributed by atoms with Crippen molar-refractivity contribution in [1.82, 2.24) is 4.57 Å². The molecule has 1 N–H and O–H groups in total. The van der Waals surface area contributed by atoms with Crippen LogP contribution in [0.15, 0.2) is 11.6 Å². The van der Waals surface area contributed by atoms with E-state index in [1.165, 1.54) is 16.2 Å². The van der Waals surface area contributed by atoms with Gasteiger partial charge in [0.2, 0.25) is 0 Å². The lowest BCUT2D eigenvalue weighted by atomic mass is 9.96. The maximum absolute atomic E-state index is 12.7. The number of hydrogen-bond acceptors (Lipinski definition) is 4. The Kier molecular flexibility index (Phi) is 6.02. The average Bonchev–Trinajstić information content (AvgIpc) is 3.17. The van der Waals surface area contributed by atoms with Crippen molar-refractivity contribution in [3.05, 3.63) is 44.6 Å². The number of rotatable bonds is 5. The maximum atomic E-state index is 12.7. The van der Waals surface area contributed by atoms with Gasteiger partial charge in [0.05, 0.1) is 5.56 Å². The fourth-order valence-electron chi connectivity index (χ4n) is 3.79. The van der Waals surface area contributed by atoms with Crippen molar-refractivity contribution in [2.24, 2.45) is 0 Å². The molecular weight excluding hydrogens is 368 g/mol. The van der Waals surface area contributed by atoms with Gasteiger partial charge in [-0.15, -0.1) is 11.3 Å². The standard InChI is InChI=1S/C22H24N4OS/c1-4-9-26-14(2)10-16(15(26)3)11-17(12-23)21(27)25-22-19(13-24)18-7-5-6-8-20(18)28-22/h10-11H,4-9H2,1-3H3,(H,25,27)/b17-11+. The van der Waals surface area contributed by atoms with Crippen molar-refractivity contribution < 1.29 is 4.79 Å². The van der Waals surface area contributed by atoms with Gasteiger partial charge in [-0.05, 0) is 69.2 Å². The second-order valence-electron chi connectivity index (χ2n) is 7.13. The molecule has 5 nitrogen and oxygen atoms in total. The molecule has 1 aliphatic rings. The van der Waals surface area contributed by atoms with Gasteiger partial charge in [0, 0.05) is 22.8 Å². The number of aromatic nitrogens is 1. The number of amides is 1. The Balaban J connectivity index is 1.89. The van der Waals surface area contributed by atoms with Crippen LogP contribution < -0.4 is 5.32 Å². The van der Waals surface area contributed by atoms with Crippen LogP contribution in [0.3, 0.4) is 0 Å². The van der Waals surface area contributed by atoms with Crippen molar-refractivity contribution in [2.45, 2.75) is 59.4 Å². The largest absolute Gasteiger partial charge is 0.349 e. The molecule has 0 fully saturated rings. The van der Waals surface area contributed by atoms with Crippen LogP contribution in [0, 0.1) is 36.5 Å². The number of carbonyl (C=O) groups excluding carboxylic acids is 1. The summed E-state index contributed by atoms with van der Waals surface area (Å²) < 4.78 is 2.19. The molecule has 0 radical (unpaired) electrons. The Morgan fingerprint density at radius 3 is 2.75 bits per heavy atom. The number of aryl methyl sites for hydroxylation is 2. The van der Waals surface area contributed by atoms with E-state index in [2.05, 4.69) is 22.9 Å². The minimum atomic E-state index is -0.460. The smallest absolute Gasteiger partial charge is 0.266 e. The molecule has 0 saturated carbocycles. The van der Waals surface area contributed by atoms with Gasteiger partial charge in [0.25, 0.3) is 5.91 Å². The molecule has 28 heavy (non-hydrogen) atoms. The SMILES string of the molecule is CCCn1c(C)cc(/C=C(\C#N)C(=O)Nc2sc3c(c2C#N)CCCC3)c1C. The van der Waals surface area contributed by atoms with E-state index in [4.69, 9.17) is 0 Å². The van der Waals surface area contributed by atoms with E-state index in [-0.39, 0.29) is 5.57 Å². The van der Waals surface area contributed by atoms with E-state index >= 15 is 0 Å². The number of fused-ring (bicyclic) bond motifs is 1.